The summed E-state index contributed by atoms with van der Waals surface area (Å²) in [6.45, 7) is 11.1. The number of piperidine rings is 2. The molecule has 4 fully saturated rings. The summed E-state index contributed by atoms with van der Waals surface area (Å²) < 4.78 is 76.9. The van der Waals surface area contributed by atoms with Gasteiger partial charge in [0.15, 0.2) is 0 Å². The molecule has 1 unspecified atom stereocenters. The minimum Gasteiger partial charge on any atom is -0.493 e. The third kappa shape index (κ3) is 20.2. The van der Waals surface area contributed by atoms with Crippen molar-refractivity contribution < 1.29 is 75.2 Å². The van der Waals surface area contributed by atoms with E-state index in [9.17, 15) is 42.5 Å². The van der Waals surface area contributed by atoms with E-state index in [0.29, 0.717) is 180 Å². The number of pyridine rings is 1. The highest BCUT2D eigenvalue weighted by Gasteiger charge is 2.40. The van der Waals surface area contributed by atoms with Crippen LogP contribution in [0.3, 0.4) is 0 Å². The molecule has 0 bridgehead atoms. The Labute approximate surface area is 613 Å². The number of sulfonamides is 1. The van der Waals surface area contributed by atoms with Gasteiger partial charge in [-0.1, -0.05) is 41.9 Å². The fourth-order valence-electron chi connectivity index (χ4n) is 13.5. The molecule has 5 amide bonds. The Kier molecular flexibility index (Phi) is 26.3. The largest absolute Gasteiger partial charge is 0.493 e. The number of nitrogens with zero attached hydrogens (tertiary/aromatic N) is 6. The lowest BCUT2D eigenvalue weighted by Crippen LogP contribution is -2.52. The van der Waals surface area contributed by atoms with Gasteiger partial charge in [-0.15, -0.1) is 0 Å². The number of aromatic nitrogens is 2. The number of rotatable bonds is 36. The Morgan fingerprint density at radius 2 is 1.42 bits per heavy atom. The zero-order valence-electron chi connectivity index (χ0n) is 58.4. The van der Waals surface area contributed by atoms with Gasteiger partial charge in [0.2, 0.25) is 17.7 Å². The predicted octanol–water partition coefficient (Wildman–Crippen LogP) is 8.83. The summed E-state index contributed by atoms with van der Waals surface area (Å²) in [6.07, 6.45) is 7.22. The maximum absolute atomic E-state index is 14.2. The first-order valence-corrected chi connectivity index (χ1v) is 37.5. The molecule has 0 aliphatic carbocycles. The van der Waals surface area contributed by atoms with E-state index in [1.807, 2.05) is 53.4 Å². The van der Waals surface area contributed by atoms with Crippen LogP contribution < -0.4 is 35.0 Å². The highest BCUT2D eigenvalue weighted by Crippen LogP contribution is 2.38. The van der Waals surface area contributed by atoms with Crippen LogP contribution in [0.25, 0.3) is 22.2 Å². The summed E-state index contributed by atoms with van der Waals surface area (Å²) in [6, 6.07) is 30.7. The minimum absolute atomic E-state index is 0.0519. The average molecular weight is 1480 g/mol. The van der Waals surface area contributed by atoms with Crippen LogP contribution in [0.5, 0.6) is 17.2 Å². The molecule has 7 aromatic rings. The van der Waals surface area contributed by atoms with E-state index in [4.69, 9.17) is 49.5 Å². The van der Waals surface area contributed by atoms with Crippen LogP contribution in [-0.2, 0) is 65.9 Å². The fraction of sp³-hybridized carbons (Fsp3) is 0.440. The number of hydrogen-bond donors (Lipinski definition) is 5. The average Bonchev–Trinajstić information content (AvgIpc) is 1.70. The molecular weight excluding hydrogens is 1390 g/mol. The van der Waals surface area contributed by atoms with Crippen molar-refractivity contribution in [3.8, 4) is 28.4 Å². The molecule has 12 rings (SSSR count). The third-order valence-corrected chi connectivity index (χ3v) is 21.0. The Bertz CT molecular complexity index is 4300. The summed E-state index contributed by atoms with van der Waals surface area (Å²) in [5.41, 5.74) is 6.22. The molecule has 0 radical (unpaired) electrons. The molecule has 5 aliphatic rings. The normalized spacial score (nSPS) is 16.9. The maximum atomic E-state index is 14.2. The van der Waals surface area contributed by atoms with E-state index in [-0.39, 0.29) is 59.4 Å². The molecule has 30 heteroatoms. The number of fused-ring (bicyclic) bond motifs is 2. The van der Waals surface area contributed by atoms with Crippen molar-refractivity contribution in [3.05, 3.63) is 159 Å². The van der Waals surface area contributed by atoms with Crippen LogP contribution in [0.15, 0.2) is 126 Å². The van der Waals surface area contributed by atoms with Crippen LogP contribution >= 0.6 is 11.6 Å². The number of nitro groups is 1. The van der Waals surface area contributed by atoms with Gasteiger partial charge in [-0.05, 0) is 122 Å². The summed E-state index contributed by atoms with van der Waals surface area (Å²) in [5.74, 6) is -0.295. The quantitative estimate of drug-likeness (QED) is 0.0106. The first-order valence-electron chi connectivity index (χ1n) is 35.7. The highest BCUT2D eigenvalue weighted by molar-refractivity contribution is 7.90. The lowest BCUT2D eigenvalue weighted by molar-refractivity contribution is -0.384. The first-order chi connectivity index (χ1) is 51.1. The van der Waals surface area contributed by atoms with Gasteiger partial charge in [0.25, 0.3) is 27.5 Å². The van der Waals surface area contributed by atoms with Gasteiger partial charge in [0.1, 0.15) is 34.6 Å². The van der Waals surface area contributed by atoms with E-state index < -0.39 is 43.4 Å². The van der Waals surface area contributed by atoms with Gasteiger partial charge in [-0.3, -0.25) is 44.3 Å². The molecule has 1 atom stereocenters. The molecule has 5 N–H and O–H groups in total. The predicted molar refractivity (Wildman–Crippen MR) is 391 cm³/mol. The summed E-state index contributed by atoms with van der Waals surface area (Å²) in [4.78, 5) is 91.2. The zero-order chi connectivity index (χ0) is 73.1. The number of H-pyrrole nitrogens is 1. The molecule has 5 aromatic carbocycles. The Balaban J connectivity index is 0.551. The number of hydrogen-bond acceptors (Lipinski definition) is 22. The Morgan fingerprint density at radius 3 is 2.14 bits per heavy atom. The monoisotopic (exact) mass is 1480 g/mol. The van der Waals surface area contributed by atoms with E-state index >= 15 is 0 Å². The van der Waals surface area contributed by atoms with Gasteiger partial charge in [0, 0.05) is 142 Å². The van der Waals surface area contributed by atoms with Crippen molar-refractivity contribution in [3.63, 3.8) is 0 Å². The summed E-state index contributed by atoms with van der Waals surface area (Å²) in [7, 11) is -4.63. The van der Waals surface area contributed by atoms with Crippen molar-refractivity contribution >= 4 is 84.9 Å². The lowest BCUT2D eigenvalue weighted by Gasteiger charge is -2.37. The fourth-order valence-corrected chi connectivity index (χ4v) is 14.6. The Hall–Kier alpha value is -9.30. The van der Waals surface area contributed by atoms with Crippen molar-refractivity contribution in [2.75, 3.05) is 154 Å². The molecule has 2 aromatic heterocycles. The molecule has 0 saturated carbocycles. The van der Waals surface area contributed by atoms with Gasteiger partial charge in [-0.25, -0.2) is 18.1 Å². The van der Waals surface area contributed by atoms with Gasteiger partial charge >= 0.3 is 0 Å². The molecule has 28 nitrogen and oxygen atoms in total. The zero-order valence-corrected chi connectivity index (χ0v) is 60.0. The van der Waals surface area contributed by atoms with Crippen LogP contribution in [0.2, 0.25) is 5.02 Å². The minimum atomic E-state index is -4.63. The number of piperazine rings is 1. The second-order valence-electron chi connectivity index (χ2n) is 26.3. The number of likely N-dealkylation sites (tertiary alicyclic amines) is 1. The summed E-state index contributed by atoms with van der Waals surface area (Å²) >= 11 is 6.38. The number of amides is 5. The van der Waals surface area contributed by atoms with Crippen molar-refractivity contribution in [2.45, 2.75) is 69.0 Å². The van der Waals surface area contributed by atoms with Crippen LogP contribution in [-0.4, -0.2) is 212 Å². The molecule has 105 heavy (non-hydrogen) atoms. The number of anilines is 3. The number of nitrogens with one attached hydrogen (secondary N) is 5. The number of nitro benzene ring substituents is 1. The van der Waals surface area contributed by atoms with Crippen LogP contribution in [0.4, 0.5) is 22.7 Å². The summed E-state index contributed by atoms with van der Waals surface area (Å²) in [5, 5.41) is 22.4. The molecule has 5 aliphatic heterocycles. The lowest BCUT2D eigenvalue weighted by atomic mass is 9.96. The number of halogens is 1. The maximum Gasteiger partial charge on any atom is 0.293 e. The van der Waals surface area contributed by atoms with Gasteiger partial charge in [-0.2, -0.15) is 0 Å². The molecule has 558 valence electrons. The Morgan fingerprint density at radius 1 is 0.714 bits per heavy atom. The number of carbonyl (C=O) groups excluding carboxylic acids is 5. The second-order valence-corrected chi connectivity index (χ2v) is 28.5. The van der Waals surface area contributed by atoms with E-state index in [1.165, 1.54) is 29.3 Å². The standard InChI is InChI=1S/C75H88ClN11O17S/c76-55-9-7-53(8-10-55)59-3-2-6-68(103-50-52-18-25-85(26-19-52)71(89)22-33-98-35-37-100-39-41-102-42-40-101-38-36-99-34-24-77-64-5-1-4-60-62(64)49-86(75(60)92)66-15-16-70(88)81-74(66)91)63(59)48-83-27-29-84(30-28-83)56-11-13-61(69(44-56)104-57-43-54-17-23-78-72(54)80-47-57)73(90)82-105(95,96)58-12-14-65(67(45-58)87(93)94)79-46-51-20-31-97-32-21-51/h1-14,17,23,43-45,47,51-52,66,77,79H,15-16,18-22,24-42,46,48-50H2,(H,78,80)(H,82,90)(H,81,88,91). The van der Waals surface area contributed by atoms with Crippen LogP contribution in [0.1, 0.15) is 76.8 Å². The van der Waals surface area contributed by atoms with Crippen molar-refractivity contribution in [1.82, 2.24) is 34.7 Å². The van der Waals surface area contributed by atoms with E-state index in [2.05, 4.69) is 46.5 Å². The number of ether oxygens (including phenoxy) is 8. The molecule has 7 heterocycles. The molecular formula is C75H88ClN11O17S. The van der Waals surface area contributed by atoms with Crippen LogP contribution in [0, 0.1) is 22.0 Å². The van der Waals surface area contributed by atoms with E-state index in [0.717, 1.165) is 76.5 Å². The first kappa shape index (κ1) is 75.4. The van der Waals surface area contributed by atoms with Gasteiger partial charge in [0.05, 0.1) is 101 Å². The number of aromatic amines is 1. The van der Waals surface area contributed by atoms with Gasteiger partial charge < -0.3 is 68.2 Å². The number of carbonyl (C=O) groups is 5. The van der Waals surface area contributed by atoms with E-state index in [1.54, 1.807) is 36.5 Å². The number of imide groups is 1. The smallest absolute Gasteiger partial charge is 0.293 e. The van der Waals surface area contributed by atoms with Crippen molar-refractivity contribution in [2.24, 2.45) is 11.8 Å². The number of benzene rings is 5. The highest BCUT2D eigenvalue weighted by atomic mass is 35.5. The van der Waals surface area contributed by atoms with Crippen molar-refractivity contribution in [1.29, 1.82) is 0 Å². The second kappa shape index (κ2) is 36.6. The molecule has 4 saturated heterocycles. The molecule has 0 spiro atoms. The SMILES string of the molecule is O=C1CCC(N2Cc3c(NCCOCCOCCOCCOCCOCCC(=O)N4CCC(COc5cccc(-c6ccc(Cl)cc6)c5CN5CCN(c6ccc(C(=O)NS(=O)(=O)c7ccc(NCC8CCOCC8)c([N+](=O)[O-])c7)c(Oc7cnc8[nH]ccc8c7)c6)CC5)CC4)cccc3C2=O)C(=O)N1. The third-order valence-electron chi connectivity index (χ3n) is 19.4. The topological polar surface area (TPSA) is 326 Å².